The summed E-state index contributed by atoms with van der Waals surface area (Å²) in [4.78, 5) is 22.0. The van der Waals surface area contributed by atoms with Crippen LogP contribution in [0.25, 0.3) is 10.9 Å². The van der Waals surface area contributed by atoms with E-state index in [1.54, 1.807) is 12.4 Å². The fourth-order valence-corrected chi connectivity index (χ4v) is 3.98. The third-order valence-electron chi connectivity index (χ3n) is 5.11. The normalized spacial score (nSPS) is 16.5. The topological polar surface area (TPSA) is 71.2 Å². The van der Waals surface area contributed by atoms with Gasteiger partial charge in [0.25, 0.3) is 0 Å². The quantitative estimate of drug-likeness (QED) is 0.763. The van der Waals surface area contributed by atoms with Gasteiger partial charge in [-0.05, 0) is 30.9 Å². The summed E-state index contributed by atoms with van der Waals surface area (Å²) < 4.78 is 1.95. The van der Waals surface area contributed by atoms with Crippen LogP contribution in [0.5, 0.6) is 0 Å². The second-order valence-corrected chi connectivity index (χ2v) is 7.07. The average molecular weight is 371 g/mol. The van der Waals surface area contributed by atoms with Crippen molar-refractivity contribution in [3.63, 3.8) is 0 Å². The van der Waals surface area contributed by atoms with Gasteiger partial charge in [0.2, 0.25) is 5.95 Å². The Morgan fingerprint density at radius 2 is 2.08 bits per heavy atom. The van der Waals surface area contributed by atoms with Crippen LogP contribution < -0.4 is 4.90 Å². The molecule has 0 radical (unpaired) electrons. The first-order valence-corrected chi connectivity index (χ1v) is 8.93. The molecule has 1 N–H and O–H groups in total. The number of carboxylic acid groups (broad SMARTS) is 1. The molecular formula is C19H19ClN4O2. The number of hydrogen-bond donors (Lipinski definition) is 1. The number of fused-ring (bicyclic) bond motifs is 3. The van der Waals surface area contributed by atoms with Gasteiger partial charge >= 0.3 is 5.97 Å². The number of nitrogens with zero attached hydrogens (tertiary/aromatic N) is 4. The smallest absolute Gasteiger partial charge is 0.323 e. The van der Waals surface area contributed by atoms with E-state index in [0.29, 0.717) is 11.0 Å². The van der Waals surface area contributed by atoms with E-state index >= 15 is 0 Å². The van der Waals surface area contributed by atoms with Crippen LogP contribution in [-0.2, 0) is 24.2 Å². The summed E-state index contributed by atoms with van der Waals surface area (Å²) in [7, 11) is 2.00. The van der Waals surface area contributed by atoms with Crippen molar-refractivity contribution in [2.45, 2.75) is 31.8 Å². The number of benzene rings is 1. The standard InChI is InChI=1S/C19H19ClN4O2/c1-23(19-21-9-12(20)10-22-19)13-6-7-17-15(8-13)14-4-2-3-5-16(14)24(17)11-18(25)26/h2-5,9-10,13H,6-8,11H2,1H3,(H,25,26). The largest absolute Gasteiger partial charge is 0.480 e. The second-order valence-electron chi connectivity index (χ2n) is 6.63. The minimum Gasteiger partial charge on any atom is -0.480 e. The monoisotopic (exact) mass is 370 g/mol. The number of halogens is 1. The van der Waals surface area contributed by atoms with Gasteiger partial charge in [-0.3, -0.25) is 4.79 Å². The molecule has 0 saturated carbocycles. The Bertz CT molecular complexity index is 968. The summed E-state index contributed by atoms with van der Waals surface area (Å²) in [5, 5.41) is 11.0. The van der Waals surface area contributed by atoms with Crippen molar-refractivity contribution >= 4 is 34.4 Å². The Morgan fingerprint density at radius 3 is 2.81 bits per heavy atom. The second kappa shape index (κ2) is 6.61. The fourth-order valence-electron chi connectivity index (χ4n) is 3.88. The lowest BCUT2D eigenvalue weighted by Crippen LogP contribution is -2.37. The van der Waals surface area contributed by atoms with Gasteiger partial charge in [-0.15, -0.1) is 0 Å². The summed E-state index contributed by atoms with van der Waals surface area (Å²) >= 11 is 5.88. The maximum absolute atomic E-state index is 11.3. The van der Waals surface area contributed by atoms with Crippen molar-refractivity contribution in [1.82, 2.24) is 14.5 Å². The van der Waals surface area contributed by atoms with Crippen molar-refractivity contribution in [2.24, 2.45) is 0 Å². The molecule has 1 atom stereocenters. The zero-order chi connectivity index (χ0) is 18.3. The number of para-hydroxylation sites is 1. The van der Waals surface area contributed by atoms with E-state index in [1.807, 2.05) is 29.8 Å². The Kier molecular flexibility index (Phi) is 4.28. The van der Waals surface area contributed by atoms with E-state index < -0.39 is 5.97 Å². The Balaban J connectivity index is 1.70. The molecule has 0 spiro atoms. The summed E-state index contributed by atoms with van der Waals surface area (Å²) in [5.74, 6) is -0.167. The molecule has 2 aromatic heterocycles. The lowest BCUT2D eigenvalue weighted by atomic mass is 9.90. The number of hydrogen-bond acceptors (Lipinski definition) is 4. The third-order valence-corrected chi connectivity index (χ3v) is 5.31. The summed E-state index contributed by atoms with van der Waals surface area (Å²) in [6.07, 6.45) is 5.80. The van der Waals surface area contributed by atoms with Gasteiger partial charge in [-0.1, -0.05) is 29.8 Å². The molecule has 0 bridgehead atoms. The Labute approximate surface area is 156 Å². The van der Waals surface area contributed by atoms with Gasteiger partial charge in [0.15, 0.2) is 0 Å². The summed E-state index contributed by atoms with van der Waals surface area (Å²) in [5.41, 5.74) is 3.36. The molecule has 4 rings (SSSR count). The highest BCUT2D eigenvalue weighted by molar-refractivity contribution is 6.30. The van der Waals surface area contributed by atoms with E-state index in [9.17, 15) is 9.90 Å². The SMILES string of the molecule is CN(c1ncc(Cl)cn1)C1CCc2c(c3ccccc3n2CC(=O)O)C1. The average Bonchev–Trinajstić information content (AvgIpc) is 2.95. The van der Waals surface area contributed by atoms with Gasteiger partial charge in [-0.25, -0.2) is 9.97 Å². The molecule has 2 heterocycles. The molecule has 0 amide bonds. The minimum atomic E-state index is -0.817. The molecule has 1 aliphatic rings. The van der Waals surface area contributed by atoms with Crippen molar-refractivity contribution in [1.29, 1.82) is 0 Å². The maximum atomic E-state index is 11.3. The lowest BCUT2D eigenvalue weighted by Gasteiger charge is -2.32. The zero-order valence-corrected chi connectivity index (χ0v) is 15.1. The first-order chi connectivity index (χ1) is 12.5. The predicted molar refractivity (Wildman–Crippen MR) is 101 cm³/mol. The van der Waals surface area contributed by atoms with Gasteiger partial charge in [0, 0.05) is 29.7 Å². The predicted octanol–water partition coefficient (Wildman–Crippen LogP) is 3.16. The highest BCUT2D eigenvalue weighted by Gasteiger charge is 2.28. The molecule has 0 fully saturated rings. The zero-order valence-electron chi connectivity index (χ0n) is 14.4. The van der Waals surface area contributed by atoms with Crippen molar-refractivity contribution in [2.75, 3.05) is 11.9 Å². The molecule has 134 valence electrons. The number of rotatable bonds is 4. The van der Waals surface area contributed by atoms with E-state index in [2.05, 4.69) is 20.9 Å². The van der Waals surface area contributed by atoms with Gasteiger partial charge in [0.05, 0.1) is 17.4 Å². The van der Waals surface area contributed by atoms with Crippen LogP contribution in [0.3, 0.4) is 0 Å². The van der Waals surface area contributed by atoms with Crippen LogP contribution in [0.15, 0.2) is 36.7 Å². The summed E-state index contributed by atoms with van der Waals surface area (Å²) in [6, 6.07) is 8.29. The number of carbonyl (C=O) groups is 1. The first kappa shape index (κ1) is 16.8. The number of aliphatic carboxylic acids is 1. The van der Waals surface area contributed by atoms with Crippen LogP contribution in [0.4, 0.5) is 5.95 Å². The molecule has 0 aliphatic heterocycles. The number of anilines is 1. The molecule has 6 nitrogen and oxygen atoms in total. The number of aromatic nitrogens is 3. The fraction of sp³-hybridized carbons (Fsp3) is 0.316. The molecule has 26 heavy (non-hydrogen) atoms. The van der Waals surface area contributed by atoms with Crippen molar-refractivity contribution in [3.05, 3.63) is 52.9 Å². The van der Waals surface area contributed by atoms with Gasteiger partial charge in [-0.2, -0.15) is 0 Å². The van der Waals surface area contributed by atoms with E-state index in [4.69, 9.17) is 11.6 Å². The molecule has 1 unspecified atom stereocenters. The highest BCUT2D eigenvalue weighted by atomic mass is 35.5. The van der Waals surface area contributed by atoms with Crippen molar-refractivity contribution in [3.8, 4) is 0 Å². The molecule has 7 heteroatoms. The molecule has 1 aromatic carbocycles. The van der Waals surface area contributed by atoms with Crippen LogP contribution in [0, 0.1) is 0 Å². The number of likely N-dealkylation sites (N-methyl/N-ethyl adjacent to an activating group) is 1. The third kappa shape index (κ3) is 2.90. The highest BCUT2D eigenvalue weighted by Crippen LogP contribution is 2.34. The lowest BCUT2D eigenvalue weighted by molar-refractivity contribution is -0.137. The first-order valence-electron chi connectivity index (χ1n) is 8.55. The van der Waals surface area contributed by atoms with Crippen LogP contribution in [0.1, 0.15) is 17.7 Å². The summed E-state index contributed by atoms with van der Waals surface area (Å²) in [6.45, 7) is -0.00333. The Morgan fingerprint density at radius 1 is 1.35 bits per heavy atom. The Hall–Kier alpha value is -2.60. The van der Waals surface area contributed by atoms with Crippen molar-refractivity contribution < 1.29 is 9.90 Å². The molecule has 3 aromatic rings. The van der Waals surface area contributed by atoms with Crippen LogP contribution in [0.2, 0.25) is 5.02 Å². The molecule has 1 aliphatic carbocycles. The molecule has 0 saturated heterocycles. The number of carboxylic acids is 1. The van der Waals surface area contributed by atoms with Gasteiger partial charge < -0.3 is 14.6 Å². The van der Waals surface area contributed by atoms with Crippen LogP contribution in [-0.4, -0.2) is 38.7 Å². The minimum absolute atomic E-state index is 0.00333. The molecular weight excluding hydrogens is 352 g/mol. The van der Waals surface area contributed by atoms with E-state index in [0.717, 1.165) is 35.9 Å². The van der Waals surface area contributed by atoms with E-state index in [-0.39, 0.29) is 12.6 Å². The van der Waals surface area contributed by atoms with Gasteiger partial charge in [0.1, 0.15) is 6.54 Å². The van der Waals surface area contributed by atoms with Crippen LogP contribution >= 0.6 is 11.6 Å². The van der Waals surface area contributed by atoms with E-state index in [1.165, 1.54) is 5.56 Å². The maximum Gasteiger partial charge on any atom is 0.323 e.